The van der Waals surface area contributed by atoms with Gasteiger partial charge >= 0.3 is 5.97 Å². The van der Waals surface area contributed by atoms with E-state index in [0.717, 1.165) is 12.7 Å². The molecule has 1 rings (SSSR count). The van der Waals surface area contributed by atoms with Crippen molar-refractivity contribution in [2.24, 2.45) is 0 Å². The van der Waals surface area contributed by atoms with Gasteiger partial charge in [-0.05, 0) is 44.5 Å². The Hall–Kier alpha value is -1.89. The number of rotatable bonds is 6. The van der Waals surface area contributed by atoms with Crippen molar-refractivity contribution in [2.45, 2.75) is 37.6 Å². The number of carbonyl (C=O) groups is 2. The standard InChI is InChI=1S/C15H21NO5S/c1-5-15(2,3)16-13(17)10-21-14(18)11-6-8-12(9-7-11)22(4,19)20/h6-9H,5,10H2,1-4H3,(H,16,17). The number of esters is 1. The van der Waals surface area contributed by atoms with Crippen LogP contribution in [0.25, 0.3) is 0 Å². The third-order valence-electron chi connectivity index (χ3n) is 3.21. The molecule has 0 fully saturated rings. The number of sulfone groups is 1. The topological polar surface area (TPSA) is 89.5 Å². The number of benzene rings is 1. The Balaban J connectivity index is 2.61. The highest BCUT2D eigenvalue weighted by Gasteiger charge is 2.19. The van der Waals surface area contributed by atoms with Crippen LogP contribution in [-0.4, -0.2) is 38.7 Å². The number of amides is 1. The fourth-order valence-corrected chi connectivity index (χ4v) is 2.19. The molecule has 122 valence electrons. The van der Waals surface area contributed by atoms with Gasteiger partial charge < -0.3 is 10.1 Å². The molecule has 7 heteroatoms. The second kappa shape index (κ2) is 6.91. The van der Waals surface area contributed by atoms with Crippen molar-refractivity contribution in [1.82, 2.24) is 5.32 Å². The quantitative estimate of drug-likeness (QED) is 0.801. The molecule has 0 heterocycles. The minimum absolute atomic E-state index is 0.117. The first-order chi connectivity index (χ1) is 10.0. The van der Waals surface area contributed by atoms with Crippen LogP contribution in [-0.2, 0) is 19.4 Å². The first kappa shape index (κ1) is 18.2. The molecule has 0 atom stereocenters. The monoisotopic (exact) mass is 327 g/mol. The Kier molecular flexibility index (Phi) is 5.71. The van der Waals surface area contributed by atoms with E-state index in [9.17, 15) is 18.0 Å². The van der Waals surface area contributed by atoms with Crippen LogP contribution in [0.3, 0.4) is 0 Å². The molecule has 22 heavy (non-hydrogen) atoms. The first-order valence-electron chi connectivity index (χ1n) is 6.83. The molecule has 0 unspecified atom stereocenters. The molecule has 1 amide bonds. The lowest BCUT2D eigenvalue weighted by Crippen LogP contribution is -2.44. The maximum atomic E-state index is 11.8. The van der Waals surface area contributed by atoms with Crippen molar-refractivity contribution >= 4 is 21.7 Å². The van der Waals surface area contributed by atoms with Crippen LogP contribution in [0.1, 0.15) is 37.6 Å². The van der Waals surface area contributed by atoms with Crippen LogP contribution in [0, 0.1) is 0 Å². The average molecular weight is 327 g/mol. The lowest BCUT2D eigenvalue weighted by Gasteiger charge is -2.24. The number of hydrogen-bond donors (Lipinski definition) is 1. The van der Waals surface area contributed by atoms with E-state index in [-0.39, 0.29) is 28.5 Å². The highest BCUT2D eigenvalue weighted by Crippen LogP contribution is 2.11. The molecule has 0 saturated carbocycles. The third-order valence-corrected chi connectivity index (χ3v) is 4.34. The van der Waals surface area contributed by atoms with E-state index in [1.165, 1.54) is 24.3 Å². The summed E-state index contributed by atoms with van der Waals surface area (Å²) in [4.78, 5) is 23.6. The molecule has 0 aliphatic carbocycles. The molecule has 1 aromatic carbocycles. The lowest BCUT2D eigenvalue weighted by atomic mass is 10.0. The van der Waals surface area contributed by atoms with Gasteiger partial charge in [-0.1, -0.05) is 6.92 Å². The Morgan fingerprint density at radius 3 is 2.18 bits per heavy atom. The summed E-state index contributed by atoms with van der Waals surface area (Å²) in [5.41, 5.74) is -0.171. The third kappa shape index (κ3) is 5.48. The van der Waals surface area contributed by atoms with E-state index < -0.39 is 15.8 Å². The summed E-state index contributed by atoms with van der Waals surface area (Å²) in [6, 6.07) is 5.36. The van der Waals surface area contributed by atoms with Gasteiger partial charge in [0, 0.05) is 11.8 Å². The first-order valence-corrected chi connectivity index (χ1v) is 8.72. The maximum absolute atomic E-state index is 11.8. The van der Waals surface area contributed by atoms with E-state index in [2.05, 4.69) is 5.32 Å². The minimum atomic E-state index is -3.31. The van der Waals surface area contributed by atoms with Crippen LogP contribution < -0.4 is 5.32 Å². The highest BCUT2D eigenvalue weighted by atomic mass is 32.2. The van der Waals surface area contributed by atoms with Gasteiger partial charge in [0.1, 0.15) is 0 Å². The van der Waals surface area contributed by atoms with Gasteiger partial charge in [-0.2, -0.15) is 0 Å². The Labute approximate surface area is 130 Å². The van der Waals surface area contributed by atoms with Gasteiger partial charge in [-0.25, -0.2) is 13.2 Å². The van der Waals surface area contributed by atoms with Crippen molar-refractivity contribution < 1.29 is 22.7 Å². The molecule has 0 aromatic heterocycles. The number of nitrogens with one attached hydrogen (secondary N) is 1. The molecule has 0 bridgehead atoms. The second-order valence-electron chi connectivity index (χ2n) is 5.66. The zero-order valence-corrected chi connectivity index (χ0v) is 14.0. The van der Waals surface area contributed by atoms with Gasteiger partial charge in [0.25, 0.3) is 5.91 Å². The number of hydrogen-bond acceptors (Lipinski definition) is 5. The average Bonchev–Trinajstić information content (AvgIpc) is 2.43. The van der Waals surface area contributed by atoms with Crippen LogP contribution in [0.5, 0.6) is 0 Å². The van der Waals surface area contributed by atoms with Crippen molar-refractivity contribution in [3.63, 3.8) is 0 Å². The van der Waals surface area contributed by atoms with Gasteiger partial charge in [-0.15, -0.1) is 0 Å². The Morgan fingerprint density at radius 1 is 1.18 bits per heavy atom. The molecular formula is C15H21NO5S. The zero-order chi connectivity index (χ0) is 17.0. The van der Waals surface area contributed by atoms with Crippen molar-refractivity contribution in [3.05, 3.63) is 29.8 Å². The summed E-state index contributed by atoms with van der Waals surface area (Å²) >= 11 is 0. The van der Waals surface area contributed by atoms with Gasteiger partial charge in [0.2, 0.25) is 0 Å². The normalized spacial score (nSPS) is 11.8. The van der Waals surface area contributed by atoms with Crippen molar-refractivity contribution in [2.75, 3.05) is 12.9 Å². The van der Waals surface area contributed by atoms with Gasteiger partial charge in [0.05, 0.1) is 10.5 Å². The largest absolute Gasteiger partial charge is 0.452 e. The van der Waals surface area contributed by atoms with Crippen molar-refractivity contribution in [3.8, 4) is 0 Å². The molecule has 0 spiro atoms. The van der Waals surface area contributed by atoms with Crippen LogP contribution >= 0.6 is 0 Å². The molecular weight excluding hydrogens is 306 g/mol. The number of carbonyl (C=O) groups excluding carboxylic acids is 2. The fraction of sp³-hybridized carbons (Fsp3) is 0.467. The summed E-state index contributed by atoms with van der Waals surface area (Å²) < 4.78 is 27.5. The molecule has 0 aliphatic rings. The number of ether oxygens (including phenoxy) is 1. The zero-order valence-electron chi connectivity index (χ0n) is 13.2. The van der Waals surface area contributed by atoms with Crippen LogP contribution in [0.2, 0.25) is 0 Å². The summed E-state index contributed by atoms with van der Waals surface area (Å²) in [6.07, 6.45) is 1.83. The van der Waals surface area contributed by atoms with Gasteiger partial charge in [0.15, 0.2) is 16.4 Å². The van der Waals surface area contributed by atoms with E-state index in [4.69, 9.17) is 4.74 Å². The lowest BCUT2D eigenvalue weighted by molar-refractivity contribution is -0.125. The molecule has 1 N–H and O–H groups in total. The van der Waals surface area contributed by atoms with E-state index >= 15 is 0 Å². The van der Waals surface area contributed by atoms with E-state index in [1.54, 1.807) is 0 Å². The smallest absolute Gasteiger partial charge is 0.338 e. The van der Waals surface area contributed by atoms with Gasteiger partial charge in [-0.3, -0.25) is 4.79 Å². The van der Waals surface area contributed by atoms with Crippen LogP contribution in [0.4, 0.5) is 0 Å². The highest BCUT2D eigenvalue weighted by molar-refractivity contribution is 7.90. The fourth-order valence-electron chi connectivity index (χ4n) is 1.55. The predicted octanol–water partition coefficient (Wildman–Crippen LogP) is 1.55. The summed E-state index contributed by atoms with van der Waals surface area (Å²) in [5.74, 6) is -1.06. The Morgan fingerprint density at radius 2 is 1.73 bits per heavy atom. The SMILES string of the molecule is CCC(C)(C)NC(=O)COC(=O)c1ccc(S(C)(=O)=O)cc1. The minimum Gasteiger partial charge on any atom is -0.452 e. The molecule has 0 aliphatic heterocycles. The van der Waals surface area contributed by atoms with E-state index in [1.807, 2.05) is 20.8 Å². The molecule has 1 aromatic rings. The molecule has 0 radical (unpaired) electrons. The predicted molar refractivity (Wildman–Crippen MR) is 82.3 cm³/mol. The van der Waals surface area contributed by atoms with Crippen LogP contribution in [0.15, 0.2) is 29.2 Å². The maximum Gasteiger partial charge on any atom is 0.338 e. The summed E-state index contributed by atoms with van der Waals surface area (Å²) in [6.45, 7) is 5.30. The van der Waals surface area contributed by atoms with E-state index in [0.29, 0.717) is 0 Å². The molecule has 0 saturated heterocycles. The Bertz CT molecular complexity index is 647. The summed E-state index contributed by atoms with van der Waals surface area (Å²) in [7, 11) is -3.31. The second-order valence-corrected chi connectivity index (χ2v) is 7.67. The van der Waals surface area contributed by atoms with Crippen molar-refractivity contribution in [1.29, 1.82) is 0 Å². The molecule has 6 nitrogen and oxygen atoms in total. The summed E-state index contributed by atoms with van der Waals surface area (Å²) in [5, 5.41) is 2.75.